The SMILES string of the molecule is COc1ccc(C)cc1NC(=O)N1Cc2ccccc2-n2cccc2C1c1ccc(N(C)C)cc1. The highest BCUT2D eigenvalue weighted by molar-refractivity contribution is 5.92. The van der Waals surface area contributed by atoms with Crippen molar-refractivity contribution in [3.8, 4) is 11.4 Å². The number of rotatable bonds is 4. The summed E-state index contributed by atoms with van der Waals surface area (Å²) in [6, 6.07) is 26.1. The van der Waals surface area contributed by atoms with Gasteiger partial charge in [0.25, 0.3) is 0 Å². The van der Waals surface area contributed by atoms with Crippen LogP contribution in [0.5, 0.6) is 5.75 Å². The van der Waals surface area contributed by atoms with Crippen LogP contribution in [-0.2, 0) is 6.54 Å². The van der Waals surface area contributed by atoms with Crippen molar-refractivity contribution in [2.24, 2.45) is 0 Å². The normalized spacial score (nSPS) is 14.5. The Morgan fingerprint density at radius 2 is 1.77 bits per heavy atom. The summed E-state index contributed by atoms with van der Waals surface area (Å²) >= 11 is 0. The number of urea groups is 1. The molecule has 1 aliphatic heterocycles. The standard InChI is InChI=1S/C29H30N4O2/c1-20-11-16-27(35-4)24(18-20)30-29(34)33-19-22-8-5-6-9-25(22)32-17-7-10-26(32)28(33)21-12-14-23(15-13-21)31(2)3/h5-18,28H,19H2,1-4H3,(H,30,34). The number of hydrogen-bond acceptors (Lipinski definition) is 3. The maximum Gasteiger partial charge on any atom is 0.323 e. The minimum Gasteiger partial charge on any atom is -0.495 e. The molecule has 1 aromatic heterocycles. The average Bonchev–Trinajstić information content (AvgIpc) is 3.28. The first-order valence-electron chi connectivity index (χ1n) is 11.7. The first-order valence-corrected chi connectivity index (χ1v) is 11.7. The largest absolute Gasteiger partial charge is 0.495 e. The molecule has 0 fully saturated rings. The number of fused-ring (bicyclic) bond motifs is 3. The fourth-order valence-corrected chi connectivity index (χ4v) is 4.75. The van der Waals surface area contributed by atoms with Crippen molar-refractivity contribution >= 4 is 17.4 Å². The molecule has 0 spiro atoms. The molecule has 2 heterocycles. The first-order chi connectivity index (χ1) is 17.0. The van der Waals surface area contributed by atoms with Gasteiger partial charge in [0, 0.05) is 31.7 Å². The number of para-hydroxylation sites is 1. The minimum atomic E-state index is -0.274. The lowest BCUT2D eigenvalue weighted by Gasteiger charge is -2.31. The molecule has 2 amide bonds. The number of anilines is 2. The van der Waals surface area contributed by atoms with Gasteiger partial charge in [0.05, 0.1) is 31.1 Å². The Balaban J connectivity index is 1.62. The zero-order valence-electron chi connectivity index (χ0n) is 20.5. The van der Waals surface area contributed by atoms with E-state index in [-0.39, 0.29) is 12.1 Å². The van der Waals surface area contributed by atoms with Crippen molar-refractivity contribution < 1.29 is 9.53 Å². The lowest BCUT2D eigenvalue weighted by Crippen LogP contribution is -2.38. The summed E-state index contributed by atoms with van der Waals surface area (Å²) in [6.45, 7) is 2.47. The summed E-state index contributed by atoms with van der Waals surface area (Å²) in [4.78, 5) is 17.9. The van der Waals surface area contributed by atoms with E-state index >= 15 is 0 Å². The molecule has 1 aliphatic rings. The van der Waals surface area contributed by atoms with Gasteiger partial charge in [-0.25, -0.2) is 4.79 Å². The molecule has 0 saturated heterocycles. The molecule has 0 saturated carbocycles. The molecule has 1 unspecified atom stereocenters. The van der Waals surface area contributed by atoms with Gasteiger partial charge in [0.1, 0.15) is 5.75 Å². The van der Waals surface area contributed by atoms with E-state index in [4.69, 9.17) is 4.74 Å². The first kappa shape index (κ1) is 22.6. The van der Waals surface area contributed by atoms with E-state index in [0.29, 0.717) is 18.0 Å². The maximum atomic E-state index is 13.9. The van der Waals surface area contributed by atoms with Gasteiger partial charge in [0.15, 0.2) is 0 Å². The summed E-state index contributed by atoms with van der Waals surface area (Å²) < 4.78 is 7.71. The van der Waals surface area contributed by atoms with Crippen molar-refractivity contribution in [1.82, 2.24) is 9.47 Å². The van der Waals surface area contributed by atoms with Crippen molar-refractivity contribution in [3.63, 3.8) is 0 Å². The monoisotopic (exact) mass is 466 g/mol. The third-order valence-corrected chi connectivity index (χ3v) is 6.55. The second-order valence-electron chi connectivity index (χ2n) is 9.08. The molecule has 1 atom stereocenters. The fourth-order valence-electron chi connectivity index (χ4n) is 4.75. The Bertz CT molecular complexity index is 1360. The Hall–Kier alpha value is -4.19. The van der Waals surface area contributed by atoms with E-state index < -0.39 is 0 Å². The molecular weight excluding hydrogens is 436 g/mol. The Morgan fingerprint density at radius 1 is 1.00 bits per heavy atom. The van der Waals surface area contributed by atoms with E-state index in [9.17, 15) is 4.79 Å². The van der Waals surface area contributed by atoms with Crippen LogP contribution in [0.2, 0.25) is 0 Å². The lowest BCUT2D eigenvalue weighted by molar-refractivity contribution is 0.194. The summed E-state index contributed by atoms with van der Waals surface area (Å²) in [7, 11) is 5.67. The number of nitrogens with zero attached hydrogens (tertiary/aromatic N) is 3. The van der Waals surface area contributed by atoms with Crippen molar-refractivity contribution in [2.45, 2.75) is 19.5 Å². The molecule has 35 heavy (non-hydrogen) atoms. The molecule has 0 aliphatic carbocycles. The van der Waals surface area contributed by atoms with Gasteiger partial charge >= 0.3 is 6.03 Å². The third-order valence-electron chi connectivity index (χ3n) is 6.55. The van der Waals surface area contributed by atoms with Gasteiger partial charge in [-0.15, -0.1) is 0 Å². The number of aromatic nitrogens is 1. The van der Waals surface area contributed by atoms with Crippen LogP contribution in [0, 0.1) is 6.92 Å². The van der Waals surface area contributed by atoms with E-state index in [2.05, 4.69) is 63.4 Å². The zero-order valence-corrected chi connectivity index (χ0v) is 20.5. The molecule has 178 valence electrons. The Kier molecular flexibility index (Phi) is 5.95. The van der Waals surface area contributed by atoms with Crippen molar-refractivity contribution in [3.05, 3.63) is 107 Å². The minimum absolute atomic E-state index is 0.181. The summed E-state index contributed by atoms with van der Waals surface area (Å²) in [5.41, 5.74) is 7.09. The number of ether oxygens (including phenoxy) is 1. The van der Waals surface area contributed by atoms with Crippen molar-refractivity contribution in [2.75, 3.05) is 31.4 Å². The van der Waals surface area contributed by atoms with Gasteiger partial charge < -0.3 is 24.4 Å². The molecule has 6 nitrogen and oxygen atoms in total. The van der Waals surface area contributed by atoms with Gasteiger partial charge in [-0.3, -0.25) is 0 Å². The van der Waals surface area contributed by atoms with E-state index in [0.717, 1.165) is 33.8 Å². The fraction of sp³-hybridized carbons (Fsp3) is 0.207. The highest BCUT2D eigenvalue weighted by atomic mass is 16.5. The molecule has 0 bridgehead atoms. The second-order valence-corrected chi connectivity index (χ2v) is 9.08. The predicted octanol–water partition coefficient (Wildman–Crippen LogP) is 6.00. The van der Waals surface area contributed by atoms with E-state index in [1.807, 2.05) is 62.3 Å². The summed E-state index contributed by atoms with van der Waals surface area (Å²) in [5.74, 6) is 0.634. The van der Waals surface area contributed by atoms with E-state index in [1.165, 1.54) is 0 Å². The highest BCUT2D eigenvalue weighted by Gasteiger charge is 2.33. The maximum absolute atomic E-state index is 13.9. The van der Waals surface area contributed by atoms with Gasteiger partial charge in [-0.2, -0.15) is 0 Å². The van der Waals surface area contributed by atoms with Crippen LogP contribution in [-0.4, -0.2) is 36.7 Å². The second kappa shape index (κ2) is 9.22. The molecule has 5 rings (SSSR count). The number of amides is 2. The Labute approximate surface area is 206 Å². The van der Waals surface area contributed by atoms with Crippen LogP contribution in [0.3, 0.4) is 0 Å². The van der Waals surface area contributed by atoms with Crippen molar-refractivity contribution in [1.29, 1.82) is 0 Å². The molecule has 4 aromatic rings. The number of benzene rings is 3. The van der Waals surface area contributed by atoms with Crippen LogP contribution >= 0.6 is 0 Å². The Morgan fingerprint density at radius 3 is 2.51 bits per heavy atom. The number of nitrogens with one attached hydrogen (secondary N) is 1. The van der Waals surface area contributed by atoms with Gasteiger partial charge in [0.2, 0.25) is 0 Å². The molecule has 1 N–H and O–H groups in total. The molecular formula is C29H30N4O2. The highest BCUT2D eigenvalue weighted by Crippen LogP contribution is 2.38. The topological polar surface area (TPSA) is 49.7 Å². The molecule has 3 aromatic carbocycles. The zero-order chi connectivity index (χ0) is 24.5. The number of carbonyl (C=O) groups is 1. The number of methoxy groups -OCH3 is 1. The predicted molar refractivity (Wildman–Crippen MR) is 141 cm³/mol. The summed E-state index contributed by atoms with van der Waals surface area (Å²) in [5, 5.41) is 3.13. The van der Waals surface area contributed by atoms with Gasteiger partial charge in [-0.05, 0) is 66.1 Å². The quantitative estimate of drug-likeness (QED) is 0.401. The smallest absolute Gasteiger partial charge is 0.323 e. The van der Waals surface area contributed by atoms with Crippen LogP contribution in [0.15, 0.2) is 85.1 Å². The van der Waals surface area contributed by atoms with Crippen LogP contribution in [0.4, 0.5) is 16.2 Å². The van der Waals surface area contributed by atoms with Crippen LogP contribution in [0.1, 0.15) is 28.4 Å². The van der Waals surface area contributed by atoms with Crippen LogP contribution < -0.4 is 15.0 Å². The van der Waals surface area contributed by atoms with E-state index in [1.54, 1.807) is 7.11 Å². The molecule has 0 radical (unpaired) electrons. The number of hydrogen-bond donors (Lipinski definition) is 1. The molecule has 6 heteroatoms. The van der Waals surface area contributed by atoms with Crippen LogP contribution in [0.25, 0.3) is 5.69 Å². The van der Waals surface area contributed by atoms with Gasteiger partial charge in [-0.1, -0.05) is 36.4 Å². The summed E-state index contributed by atoms with van der Waals surface area (Å²) in [6.07, 6.45) is 2.07. The third kappa shape index (κ3) is 4.23. The number of aryl methyl sites for hydroxylation is 1. The average molecular weight is 467 g/mol. The number of carbonyl (C=O) groups excluding carboxylic acids is 1. The lowest BCUT2D eigenvalue weighted by atomic mass is 10.0.